The third-order valence-electron chi connectivity index (χ3n) is 2.66. The van der Waals surface area contributed by atoms with Gasteiger partial charge in [-0.15, -0.1) is 0 Å². The fourth-order valence-electron chi connectivity index (χ4n) is 1.61. The maximum Gasteiger partial charge on any atom is 0.296 e. The highest BCUT2D eigenvalue weighted by Gasteiger charge is 2.13. The summed E-state index contributed by atoms with van der Waals surface area (Å²) in [4.78, 5) is 23.5. The Balaban J connectivity index is 2.06. The lowest BCUT2D eigenvalue weighted by Crippen LogP contribution is -2.21. The fourth-order valence-corrected chi connectivity index (χ4v) is 1.87. The van der Waals surface area contributed by atoms with Crippen molar-refractivity contribution in [2.45, 2.75) is 0 Å². The Kier molecular flexibility index (Phi) is 4.90. The molecule has 2 aromatic carbocycles. The molecule has 2 N–H and O–H groups in total. The number of hydrogen-bond donors (Lipinski definition) is 2. The molecule has 0 saturated heterocycles. The first-order chi connectivity index (χ1) is 10.1. The molecule has 0 aromatic heterocycles. The number of carbonyl (C=O) groups excluding carboxylic acids is 2. The van der Waals surface area contributed by atoms with Gasteiger partial charge in [0.25, 0.3) is 5.91 Å². The third kappa shape index (κ3) is 4.29. The average Bonchev–Trinajstić information content (AvgIpc) is 2.50. The first-order valence-corrected chi connectivity index (χ1v) is 6.92. The monoisotopic (exact) mass is 345 g/mol. The molecule has 0 fully saturated rings. The van der Waals surface area contributed by atoms with Gasteiger partial charge in [-0.1, -0.05) is 46.3 Å². The Morgan fingerprint density at radius 2 is 1.62 bits per heavy atom. The van der Waals surface area contributed by atoms with Crippen molar-refractivity contribution in [2.75, 3.05) is 5.32 Å². The number of aliphatic hydroxyl groups excluding tert-OH is 1. The first-order valence-electron chi connectivity index (χ1n) is 6.13. The van der Waals surface area contributed by atoms with Crippen LogP contribution in [0.1, 0.15) is 5.56 Å². The normalized spacial score (nSPS) is 11.0. The highest BCUT2D eigenvalue weighted by molar-refractivity contribution is 9.10. The van der Waals surface area contributed by atoms with Gasteiger partial charge in [0.05, 0.1) is 0 Å². The van der Waals surface area contributed by atoms with Gasteiger partial charge in [-0.2, -0.15) is 0 Å². The molecule has 2 rings (SSSR count). The summed E-state index contributed by atoms with van der Waals surface area (Å²) in [5, 5.41) is 12.3. The second-order valence-electron chi connectivity index (χ2n) is 4.22. The highest BCUT2D eigenvalue weighted by atomic mass is 79.9. The number of ketones is 1. The van der Waals surface area contributed by atoms with Gasteiger partial charge in [0.1, 0.15) is 5.76 Å². The zero-order valence-electron chi connectivity index (χ0n) is 10.9. The van der Waals surface area contributed by atoms with E-state index in [4.69, 9.17) is 0 Å². The van der Waals surface area contributed by atoms with Gasteiger partial charge in [0.2, 0.25) is 5.78 Å². The van der Waals surface area contributed by atoms with Gasteiger partial charge < -0.3 is 10.4 Å². The SMILES string of the molecule is O=C(/C=C(/O)c1ccccc1)C(=O)Nc1ccc(Br)cc1. The van der Waals surface area contributed by atoms with E-state index in [1.165, 1.54) is 0 Å². The quantitative estimate of drug-likeness (QED) is 0.505. The number of nitrogens with one attached hydrogen (secondary N) is 1. The molecule has 0 heterocycles. The van der Waals surface area contributed by atoms with E-state index in [9.17, 15) is 14.7 Å². The number of carbonyl (C=O) groups is 2. The molecule has 1 amide bonds. The number of anilines is 1. The predicted molar refractivity (Wildman–Crippen MR) is 84.8 cm³/mol. The lowest BCUT2D eigenvalue weighted by molar-refractivity contribution is -0.131. The summed E-state index contributed by atoms with van der Waals surface area (Å²) in [5.74, 6) is -1.87. The third-order valence-corrected chi connectivity index (χ3v) is 3.19. The second-order valence-corrected chi connectivity index (χ2v) is 5.14. The molecule has 0 atom stereocenters. The summed E-state index contributed by atoms with van der Waals surface area (Å²) < 4.78 is 0.869. The van der Waals surface area contributed by atoms with Crippen molar-refractivity contribution in [2.24, 2.45) is 0 Å². The molecule has 106 valence electrons. The smallest absolute Gasteiger partial charge is 0.296 e. The summed E-state index contributed by atoms with van der Waals surface area (Å²) in [6.07, 6.45) is 0.906. The maximum atomic E-state index is 11.7. The van der Waals surface area contributed by atoms with Crippen LogP contribution in [0.3, 0.4) is 0 Å². The molecular weight excluding hydrogens is 334 g/mol. The zero-order valence-corrected chi connectivity index (χ0v) is 12.5. The van der Waals surface area contributed by atoms with Crippen LogP contribution in [0.15, 0.2) is 65.1 Å². The molecule has 0 bridgehead atoms. The van der Waals surface area contributed by atoms with E-state index < -0.39 is 11.7 Å². The summed E-state index contributed by atoms with van der Waals surface area (Å²) in [7, 11) is 0. The van der Waals surface area contributed by atoms with E-state index in [0.29, 0.717) is 11.3 Å². The van der Waals surface area contributed by atoms with Crippen LogP contribution in [0.2, 0.25) is 0 Å². The van der Waals surface area contributed by atoms with Crippen molar-refractivity contribution < 1.29 is 14.7 Å². The highest BCUT2D eigenvalue weighted by Crippen LogP contribution is 2.14. The Morgan fingerprint density at radius 3 is 2.24 bits per heavy atom. The number of halogens is 1. The Morgan fingerprint density at radius 1 is 1.00 bits per heavy atom. The van der Waals surface area contributed by atoms with Crippen LogP contribution in [0.4, 0.5) is 5.69 Å². The van der Waals surface area contributed by atoms with Crippen LogP contribution in [0.5, 0.6) is 0 Å². The van der Waals surface area contributed by atoms with Crippen LogP contribution in [-0.4, -0.2) is 16.8 Å². The Labute approximate surface area is 130 Å². The van der Waals surface area contributed by atoms with Crippen molar-refractivity contribution in [3.8, 4) is 0 Å². The van der Waals surface area contributed by atoms with Crippen LogP contribution in [0, 0.1) is 0 Å². The fraction of sp³-hybridized carbons (Fsp3) is 0. The van der Waals surface area contributed by atoms with Crippen LogP contribution in [0.25, 0.3) is 5.76 Å². The lowest BCUT2D eigenvalue weighted by Gasteiger charge is -2.03. The molecule has 5 heteroatoms. The first kappa shape index (κ1) is 15.0. The van der Waals surface area contributed by atoms with Crippen molar-refractivity contribution >= 4 is 39.1 Å². The molecule has 0 unspecified atom stereocenters. The molecule has 21 heavy (non-hydrogen) atoms. The largest absolute Gasteiger partial charge is 0.507 e. The van der Waals surface area contributed by atoms with E-state index >= 15 is 0 Å². The van der Waals surface area contributed by atoms with Crippen molar-refractivity contribution in [3.05, 3.63) is 70.7 Å². The van der Waals surface area contributed by atoms with E-state index in [-0.39, 0.29) is 5.76 Å². The Hall–Kier alpha value is -2.40. The molecule has 0 aliphatic heterocycles. The zero-order chi connectivity index (χ0) is 15.2. The number of aliphatic hydroxyl groups is 1. The molecule has 0 saturated carbocycles. The Bertz CT molecular complexity index is 678. The topological polar surface area (TPSA) is 66.4 Å². The number of hydrogen-bond acceptors (Lipinski definition) is 3. The molecule has 4 nitrogen and oxygen atoms in total. The van der Waals surface area contributed by atoms with Crippen LogP contribution >= 0.6 is 15.9 Å². The number of amides is 1. The summed E-state index contributed by atoms with van der Waals surface area (Å²) >= 11 is 3.28. The minimum atomic E-state index is -0.820. The van der Waals surface area contributed by atoms with Crippen molar-refractivity contribution in [1.82, 2.24) is 0 Å². The number of rotatable bonds is 4. The molecule has 2 aromatic rings. The summed E-state index contributed by atoms with van der Waals surface area (Å²) in [6, 6.07) is 15.4. The number of benzene rings is 2. The standard InChI is InChI=1S/C16H12BrNO3/c17-12-6-8-13(9-7-12)18-16(21)15(20)10-14(19)11-4-2-1-3-5-11/h1-10,19H,(H,18,21)/b14-10+. The van der Waals surface area contributed by atoms with Gasteiger partial charge >= 0.3 is 0 Å². The van der Waals surface area contributed by atoms with Gasteiger partial charge in [-0.3, -0.25) is 9.59 Å². The van der Waals surface area contributed by atoms with E-state index in [1.807, 2.05) is 0 Å². The molecule has 0 aliphatic carbocycles. The van der Waals surface area contributed by atoms with Crippen LogP contribution in [-0.2, 0) is 9.59 Å². The van der Waals surface area contributed by atoms with Crippen LogP contribution < -0.4 is 5.32 Å². The molecule has 0 aliphatic rings. The van der Waals surface area contributed by atoms with Crippen molar-refractivity contribution in [1.29, 1.82) is 0 Å². The average molecular weight is 346 g/mol. The minimum absolute atomic E-state index is 0.244. The van der Waals surface area contributed by atoms with E-state index in [2.05, 4.69) is 21.2 Å². The second kappa shape index (κ2) is 6.85. The summed E-state index contributed by atoms with van der Waals surface area (Å²) in [6.45, 7) is 0. The minimum Gasteiger partial charge on any atom is -0.507 e. The van der Waals surface area contributed by atoms with E-state index in [1.54, 1.807) is 54.6 Å². The van der Waals surface area contributed by atoms with Gasteiger partial charge in [0.15, 0.2) is 0 Å². The maximum absolute atomic E-state index is 11.7. The molecule has 0 radical (unpaired) electrons. The molecular formula is C16H12BrNO3. The predicted octanol–water partition coefficient (Wildman–Crippen LogP) is 3.56. The van der Waals surface area contributed by atoms with Gasteiger partial charge in [-0.05, 0) is 24.3 Å². The summed E-state index contributed by atoms with van der Waals surface area (Å²) in [5.41, 5.74) is 0.978. The van der Waals surface area contributed by atoms with Gasteiger partial charge in [-0.25, -0.2) is 0 Å². The van der Waals surface area contributed by atoms with Crippen molar-refractivity contribution in [3.63, 3.8) is 0 Å². The van der Waals surface area contributed by atoms with Gasteiger partial charge in [0, 0.05) is 21.8 Å². The molecule has 0 spiro atoms. The van der Waals surface area contributed by atoms with E-state index in [0.717, 1.165) is 10.5 Å². The lowest BCUT2D eigenvalue weighted by atomic mass is 10.1.